The first kappa shape index (κ1) is 23.5. The minimum Gasteiger partial charge on any atom is -0.493 e. The molecule has 3 atom stereocenters. The Morgan fingerprint density at radius 3 is 2.14 bits per heavy atom. The van der Waals surface area contributed by atoms with E-state index in [-0.39, 0.29) is 18.2 Å². The fourth-order valence-corrected chi connectivity index (χ4v) is 2.88. The fourth-order valence-electron chi connectivity index (χ4n) is 2.88. The molecule has 0 bridgehead atoms. The lowest BCUT2D eigenvalue weighted by molar-refractivity contribution is -0.134. The van der Waals surface area contributed by atoms with Crippen LogP contribution in [0.4, 0.5) is 0 Å². The minimum atomic E-state index is -1.26. The molecule has 1 fully saturated rings. The molecule has 0 radical (unpaired) electrons. The zero-order valence-corrected chi connectivity index (χ0v) is 16.5. The maximum Gasteiger partial charge on any atom is 0.328 e. The number of carboxylic acid groups (broad SMARTS) is 2. The monoisotopic (exact) mass is 395 g/mol. The Morgan fingerprint density at radius 2 is 1.64 bits per heavy atom. The second-order valence-electron chi connectivity index (χ2n) is 6.39. The van der Waals surface area contributed by atoms with E-state index >= 15 is 0 Å². The first-order valence-electron chi connectivity index (χ1n) is 9.05. The molecule has 2 rings (SSSR count). The Kier molecular flexibility index (Phi) is 10.0. The van der Waals surface area contributed by atoms with E-state index in [1.807, 2.05) is 18.2 Å². The lowest BCUT2D eigenvalue weighted by Gasteiger charge is -2.31. The molecule has 0 amide bonds. The molecular weight excluding hydrogens is 366 g/mol. The van der Waals surface area contributed by atoms with Crippen LogP contribution in [-0.2, 0) is 14.3 Å². The van der Waals surface area contributed by atoms with Crippen molar-refractivity contribution in [1.29, 1.82) is 0 Å². The average Bonchev–Trinajstić information content (AvgIpc) is 2.68. The van der Waals surface area contributed by atoms with Crippen molar-refractivity contribution in [3.05, 3.63) is 35.9 Å². The molecule has 156 valence electrons. The summed E-state index contributed by atoms with van der Waals surface area (Å²) >= 11 is 0. The van der Waals surface area contributed by atoms with Crippen LogP contribution in [0, 0.1) is 0 Å². The summed E-state index contributed by atoms with van der Waals surface area (Å²) in [4.78, 5) is 19.1. The van der Waals surface area contributed by atoms with Crippen LogP contribution in [0.2, 0.25) is 0 Å². The van der Waals surface area contributed by atoms with E-state index in [1.54, 1.807) is 14.2 Å². The quantitative estimate of drug-likeness (QED) is 0.601. The molecule has 0 heterocycles. The third-order valence-corrected chi connectivity index (χ3v) is 4.38. The topological polar surface area (TPSA) is 128 Å². The number of carboxylic acids is 2. The van der Waals surface area contributed by atoms with Gasteiger partial charge in [0.2, 0.25) is 0 Å². The summed E-state index contributed by atoms with van der Waals surface area (Å²) in [5.74, 6) is -1.05. The van der Waals surface area contributed by atoms with Crippen LogP contribution in [-0.4, -0.2) is 48.5 Å². The fraction of sp³-hybridized carbons (Fsp3) is 0.500. The summed E-state index contributed by atoms with van der Waals surface area (Å²) in [5, 5.41) is 15.6. The first-order chi connectivity index (χ1) is 13.3. The summed E-state index contributed by atoms with van der Waals surface area (Å²) in [5.41, 5.74) is 7.22. The summed E-state index contributed by atoms with van der Waals surface area (Å²) < 4.78 is 16.7. The van der Waals surface area contributed by atoms with Crippen molar-refractivity contribution in [2.75, 3.05) is 14.2 Å². The third kappa shape index (κ3) is 7.98. The van der Waals surface area contributed by atoms with Gasteiger partial charge in [-0.3, -0.25) is 0 Å². The second kappa shape index (κ2) is 12.0. The molecule has 1 aliphatic carbocycles. The Bertz CT molecular complexity index is 659. The summed E-state index contributed by atoms with van der Waals surface area (Å²) in [6.07, 6.45) is 5.81. The van der Waals surface area contributed by atoms with Gasteiger partial charge >= 0.3 is 11.9 Å². The summed E-state index contributed by atoms with van der Waals surface area (Å²) in [6, 6.07) is 6.05. The number of aliphatic carboxylic acids is 2. The number of nitrogens with two attached hydrogens (primary N) is 1. The molecule has 28 heavy (non-hydrogen) atoms. The molecule has 1 saturated carbocycles. The van der Waals surface area contributed by atoms with Crippen LogP contribution < -0.4 is 15.2 Å². The van der Waals surface area contributed by atoms with E-state index < -0.39 is 11.9 Å². The third-order valence-electron chi connectivity index (χ3n) is 4.38. The predicted molar refractivity (Wildman–Crippen MR) is 104 cm³/mol. The second-order valence-corrected chi connectivity index (χ2v) is 6.39. The van der Waals surface area contributed by atoms with E-state index in [2.05, 4.69) is 6.92 Å². The number of ether oxygens (including phenoxy) is 3. The van der Waals surface area contributed by atoms with Gasteiger partial charge in [0.05, 0.1) is 26.4 Å². The minimum absolute atomic E-state index is 0.00366. The van der Waals surface area contributed by atoms with E-state index in [9.17, 15) is 9.59 Å². The van der Waals surface area contributed by atoms with Crippen molar-refractivity contribution in [2.24, 2.45) is 5.73 Å². The van der Waals surface area contributed by atoms with Crippen molar-refractivity contribution in [1.82, 2.24) is 0 Å². The SMILES string of the molecule is COc1ccc(C(C)OC2CCCCC2N)cc1OC.O=C(O)C=CC(=O)O. The average molecular weight is 395 g/mol. The van der Waals surface area contributed by atoms with Crippen molar-refractivity contribution < 1.29 is 34.0 Å². The molecule has 1 aromatic carbocycles. The smallest absolute Gasteiger partial charge is 0.328 e. The van der Waals surface area contributed by atoms with Gasteiger partial charge in [0.15, 0.2) is 11.5 Å². The van der Waals surface area contributed by atoms with Crippen LogP contribution in [0.3, 0.4) is 0 Å². The Labute approximate surface area is 164 Å². The van der Waals surface area contributed by atoms with Gasteiger partial charge in [0.25, 0.3) is 0 Å². The van der Waals surface area contributed by atoms with E-state index in [0.717, 1.165) is 29.9 Å². The highest BCUT2D eigenvalue weighted by atomic mass is 16.5. The van der Waals surface area contributed by atoms with Crippen molar-refractivity contribution in [3.8, 4) is 11.5 Å². The van der Waals surface area contributed by atoms with Gasteiger partial charge in [-0.25, -0.2) is 9.59 Å². The number of rotatable bonds is 7. The number of hydrogen-bond donors (Lipinski definition) is 3. The van der Waals surface area contributed by atoms with Gasteiger partial charge in [-0.1, -0.05) is 18.9 Å². The maximum absolute atomic E-state index is 9.55. The highest BCUT2D eigenvalue weighted by Crippen LogP contribution is 2.32. The van der Waals surface area contributed by atoms with Crippen molar-refractivity contribution in [2.45, 2.75) is 50.9 Å². The predicted octanol–water partition coefficient (Wildman–Crippen LogP) is 2.76. The lowest BCUT2D eigenvalue weighted by atomic mass is 9.93. The summed E-state index contributed by atoms with van der Waals surface area (Å²) in [6.45, 7) is 2.06. The normalized spacial score (nSPS) is 20.0. The molecular formula is C20H29NO7. The van der Waals surface area contributed by atoms with Gasteiger partial charge in [-0.05, 0) is 37.5 Å². The molecule has 4 N–H and O–H groups in total. The Morgan fingerprint density at radius 1 is 1.07 bits per heavy atom. The highest BCUT2D eigenvalue weighted by molar-refractivity contribution is 5.89. The van der Waals surface area contributed by atoms with E-state index in [1.165, 1.54) is 12.8 Å². The van der Waals surface area contributed by atoms with Gasteiger partial charge in [0.1, 0.15) is 0 Å². The number of carbonyl (C=O) groups is 2. The lowest BCUT2D eigenvalue weighted by Crippen LogP contribution is -2.39. The Hall–Kier alpha value is -2.58. The molecule has 0 aliphatic heterocycles. The van der Waals surface area contributed by atoms with Crippen LogP contribution in [0.5, 0.6) is 11.5 Å². The van der Waals surface area contributed by atoms with Gasteiger partial charge < -0.3 is 30.2 Å². The molecule has 8 heteroatoms. The molecule has 3 unspecified atom stereocenters. The van der Waals surface area contributed by atoms with Crippen LogP contribution in [0.1, 0.15) is 44.3 Å². The van der Waals surface area contributed by atoms with Crippen LogP contribution in [0.15, 0.2) is 30.4 Å². The number of benzene rings is 1. The largest absolute Gasteiger partial charge is 0.493 e. The van der Waals surface area contributed by atoms with E-state index in [0.29, 0.717) is 12.2 Å². The van der Waals surface area contributed by atoms with Crippen molar-refractivity contribution in [3.63, 3.8) is 0 Å². The molecule has 1 aliphatic rings. The van der Waals surface area contributed by atoms with Gasteiger partial charge in [-0.15, -0.1) is 0 Å². The Balaban J connectivity index is 0.000000416. The zero-order chi connectivity index (χ0) is 21.1. The van der Waals surface area contributed by atoms with Crippen molar-refractivity contribution >= 4 is 11.9 Å². The molecule has 0 spiro atoms. The first-order valence-corrected chi connectivity index (χ1v) is 9.05. The molecule has 0 aromatic heterocycles. The maximum atomic E-state index is 9.55. The standard InChI is InChI=1S/C16H25NO3.C4H4O4/c1-11(20-14-7-5-4-6-13(14)17)12-8-9-15(18-2)16(10-12)19-3;5-3(6)1-2-4(7)8/h8-11,13-14H,4-7,17H2,1-3H3;1-2H,(H,5,6)(H,7,8). The van der Waals surface area contributed by atoms with Crippen LogP contribution >= 0.6 is 0 Å². The molecule has 8 nitrogen and oxygen atoms in total. The van der Waals surface area contributed by atoms with Crippen LogP contribution in [0.25, 0.3) is 0 Å². The molecule has 1 aromatic rings. The zero-order valence-electron chi connectivity index (χ0n) is 16.5. The van der Waals surface area contributed by atoms with Gasteiger partial charge in [0, 0.05) is 18.2 Å². The van der Waals surface area contributed by atoms with Gasteiger partial charge in [-0.2, -0.15) is 0 Å². The molecule has 0 saturated heterocycles. The number of methoxy groups -OCH3 is 2. The summed E-state index contributed by atoms with van der Waals surface area (Å²) in [7, 11) is 3.28. The highest BCUT2D eigenvalue weighted by Gasteiger charge is 2.25. The van der Waals surface area contributed by atoms with E-state index in [4.69, 9.17) is 30.2 Å². The number of hydrogen-bond acceptors (Lipinski definition) is 6.